The number of fused-ring (bicyclic) bond motifs is 1. The van der Waals surface area contributed by atoms with Crippen LogP contribution in [0.15, 0.2) is 90.5 Å². The first-order chi connectivity index (χ1) is 18.0. The molecule has 37 heavy (non-hydrogen) atoms. The Morgan fingerprint density at radius 1 is 1.00 bits per heavy atom. The molecule has 0 saturated carbocycles. The van der Waals surface area contributed by atoms with E-state index >= 15 is 0 Å². The summed E-state index contributed by atoms with van der Waals surface area (Å²) in [4.78, 5) is 12.8. The molecule has 4 aromatic carbocycles. The van der Waals surface area contributed by atoms with Crippen LogP contribution in [-0.2, 0) is 11.4 Å². The monoisotopic (exact) mass is 602 g/mol. The van der Waals surface area contributed by atoms with Crippen LogP contribution in [-0.4, -0.2) is 12.5 Å². The molecule has 186 valence electrons. The second-order valence-corrected chi connectivity index (χ2v) is 9.67. The molecule has 1 atom stereocenters. The first-order valence-electron chi connectivity index (χ1n) is 12.0. The van der Waals surface area contributed by atoms with Crippen molar-refractivity contribution in [3.63, 3.8) is 0 Å². The molecule has 0 fully saturated rings. The standard InChI is InChI=1S/C31H27IN2O3/c1-3-36-29-18-23(16-27(19-33)31(35)34-21(2)24-9-5-4-6-10-24)17-28(32)30(29)37-20-22-13-14-25-11-7-8-12-26(25)15-22/h4-18,21H,3,20H2,1-2H3,(H,34,35)/b27-16-/t21-/m0/s1. The number of carbonyl (C=O) groups excluding carboxylic acids is 1. The lowest BCUT2D eigenvalue weighted by atomic mass is 10.1. The van der Waals surface area contributed by atoms with Gasteiger partial charge in [0.25, 0.3) is 5.91 Å². The van der Waals surface area contributed by atoms with E-state index in [1.54, 1.807) is 12.1 Å². The van der Waals surface area contributed by atoms with Gasteiger partial charge in [-0.15, -0.1) is 0 Å². The number of hydrogen-bond acceptors (Lipinski definition) is 4. The number of nitrogens with zero attached hydrogens (tertiary/aromatic N) is 1. The third-order valence-corrected chi connectivity index (χ3v) is 6.65. The van der Waals surface area contributed by atoms with E-state index in [9.17, 15) is 10.1 Å². The quantitative estimate of drug-likeness (QED) is 0.125. The number of nitriles is 1. The largest absolute Gasteiger partial charge is 0.490 e. The van der Waals surface area contributed by atoms with Gasteiger partial charge in [0, 0.05) is 0 Å². The first kappa shape index (κ1) is 26.2. The van der Waals surface area contributed by atoms with E-state index in [1.165, 1.54) is 5.39 Å². The number of amides is 1. The summed E-state index contributed by atoms with van der Waals surface area (Å²) >= 11 is 2.19. The predicted molar refractivity (Wildman–Crippen MR) is 155 cm³/mol. The number of benzene rings is 4. The summed E-state index contributed by atoms with van der Waals surface area (Å²) in [7, 11) is 0. The number of rotatable bonds is 9. The Morgan fingerprint density at radius 2 is 1.73 bits per heavy atom. The molecule has 0 aliphatic heterocycles. The number of carbonyl (C=O) groups is 1. The molecule has 0 aliphatic carbocycles. The van der Waals surface area contributed by atoms with Gasteiger partial charge >= 0.3 is 0 Å². The van der Waals surface area contributed by atoms with Gasteiger partial charge in [0.15, 0.2) is 11.5 Å². The molecule has 0 aromatic heterocycles. The molecule has 5 nitrogen and oxygen atoms in total. The van der Waals surface area contributed by atoms with Crippen LogP contribution >= 0.6 is 22.6 Å². The fraction of sp³-hybridized carbons (Fsp3) is 0.161. The molecule has 0 saturated heterocycles. The molecule has 0 spiro atoms. The van der Waals surface area contributed by atoms with Crippen molar-refractivity contribution in [2.24, 2.45) is 0 Å². The minimum absolute atomic E-state index is 0.0193. The summed E-state index contributed by atoms with van der Waals surface area (Å²) in [6.45, 7) is 4.64. The summed E-state index contributed by atoms with van der Waals surface area (Å²) in [6, 6.07) is 29.6. The average molecular weight is 602 g/mol. The van der Waals surface area contributed by atoms with Crippen molar-refractivity contribution in [3.8, 4) is 17.6 Å². The zero-order valence-electron chi connectivity index (χ0n) is 20.7. The lowest BCUT2D eigenvalue weighted by Crippen LogP contribution is -2.27. The van der Waals surface area contributed by atoms with Crippen LogP contribution in [0.3, 0.4) is 0 Å². The Labute approximate surface area is 230 Å². The van der Waals surface area contributed by atoms with Crippen LogP contribution in [0.25, 0.3) is 16.8 Å². The van der Waals surface area contributed by atoms with Crippen LogP contribution in [0.5, 0.6) is 11.5 Å². The summed E-state index contributed by atoms with van der Waals surface area (Å²) in [5.41, 5.74) is 2.72. The van der Waals surface area contributed by atoms with Crippen molar-refractivity contribution in [2.75, 3.05) is 6.61 Å². The number of halogens is 1. The average Bonchev–Trinajstić information content (AvgIpc) is 2.91. The first-order valence-corrected chi connectivity index (χ1v) is 13.1. The Morgan fingerprint density at radius 3 is 2.46 bits per heavy atom. The number of ether oxygens (including phenoxy) is 2. The van der Waals surface area contributed by atoms with E-state index in [2.05, 4.69) is 58.2 Å². The summed E-state index contributed by atoms with van der Waals surface area (Å²) < 4.78 is 12.9. The molecule has 0 aliphatic rings. The second kappa shape index (κ2) is 12.4. The van der Waals surface area contributed by atoms with Crippen molar-refractivity contribution >= 4 is 45.3 Å². The van der Waals surface area contributed by atoms with Gasteiger partial charge in [-0.25, -0.2) is 0 Å². The normalized spacial score (nSPS) is 12.0. The van der Waals surface area contributed by atoms with E-state index in [4.69, 9.17) is 9.47 Å². The minimum Gasteiger partial charge on any atom is -0.490 e. The molecule has 1 amide bonds. The van der Waals surface area contributed by atoms with E-state index in [-0.39, 0.29) is 11.6 Å². The molecule has 4 aromatic rings. The number of hydrogen-bond donors (Lipinski definition) is 1. The molecule has 6 heteroatoms. The molecule has 0 bridgehead atoms. The van der Waals surface area contributed by atoms with Crippen molar-refractivity contribution in [1.29, 1.82) is 5.26 Å². The topological polar surface area (TPSA) is 71.3 Å². The van der Waals surface area contributed by atoms with Crippen LogP contribution < -0.4 is 14.8 Å². The Balaban J connectivity index is 1.54. The molecule has 4 rings (SSSR count). The van der Waals surface area contributed by atoms with Gasteiger partial charge in [-0.3, -0.25) is 4.79 Å². The lowest BCUT2D eigenvalue weighted by Gasteiger charge is -2.16. The van der Waals surface area contributed by atoms with E-state index in [1.807, 2.05) is 68.4 Å². The van der Waals surface area contributed by atoms with Crippen molar-refractivity contribution < 1.29 is 14.3 Å². The van der Waals surface area contributed by atoms with Crippen LogP contribution in [0.1, 0.15) is 36.6 Å². The van der Waals surface area contributed by atoms with Gasteiger partial charge in [-0.05, 0) is 88.2 Å². The second-order valence-electron chi connectivity index (χ2n) is 8.51. The van der Waals surface area contributed by atoms with E-state index in [0.717, 1.165) is 20.1 Å². The highest BCUT2D eigenvalue weighted by Crippen LogP contribution is 2.35. The van der Waals surface area contributed by atoms with E-state index < -0.39 is 5.91 Å². The maximum Gasteiger partial charge on any atom is 0.262 e. The van der Waals surface area contributed by atoms with Crippen LogP contribution in [0.4, 0.5) is 0 Å². The Kier molecular flexibility index (Phi) is 8.81. The smallest absolute Gasteiger partial charge is 0.262 e. The van der Waals surface area contributed by atoms with Crippen molar-refractivity contribution in [3.05, 3.63) is 111 Å². The van der Waals surface area contributed by atoms with Gasteiger partial charge in [-0.1, -0.05) is 66.7 Å². The molecular weight excluding hydrogens is 575 g/mol. The van der Waals surface area contributed by atoms with E-state index in [0.29, 0.717) is 30.3 Å². The number of nitrogens with one attached hydrogen (secondary N) is 1. The van der Waals surface area contributed by atoms with Crippen LogP contribution in [0, 0.1) is 14.9 Å². The predicted octanol–water partition coefficient (Wildman–Crippen LogP) is 7.21. The summed E-state index contributed by atoms with van der Waals surface area (Å²) in [5, 5.41) is 14.9. The van der Waals surface area contributed by atoms with Gasteiger partial charge in [0.1, 0.15) is 18.2 Å². The van der Waals surface area contributed by atoms with Gasteiger partial charge in [0.05, 0.1) is 16.2 Å². The van der Waals surface area contributed by atoms with Gasteiger partial charge in [0.2, 0.25) is 0 Å². The Hall–Kier alpha value is -3.83. The third kappa shape index (κ3) is 6.69. The van der Waals surface area contributed by atoms with Crippen molar-refractivity contribution in [2.45, 2.75) is 26.5 Å². The fourth-order valence-electron chi connectivity index (χ4n) is 3.97. The molecule has 0 unspecified atom stereocenters. The van der Waals surface area contributed by atoms with Crippen molar-refractivity contribution in [1.82, 2.24) is 5.32 Å². The zero-order valence-corrected chi connectivity index (χ0v) is 22.9. The SMILES string of the molecule is CCOc1cc(/C=C(/C#N)C(=O)N[C@@H](C)c2ccccc2)cc(I)c1OCc1ccc2ccccc2c1. The van der Waals surface area contributed by atoms with Gasteiger partial charge < -0.3 is 14.8 Å². The Bertz CT molecular complexity index is 1480. The minimum atomic E-state index is -0.427. The highest BCUT2D eigenvalue weighted by atomic mass is 127. The molecule has 0 radical (unpaired) electrons. The van der Waals surface area contributed by atoms with Gasteiger partial charge in [-0.2, -0.15) is 5.26 Å². The molecule has 0 heterocycles. The maximum absolute atomic E-state index is 12.8. The molecule has 1 N–H and O–H groups in total. The summed E-state index contributed by atoms with van der Waals surface area (Å²) in [5.74, 6) is 0.772. The molecular formula is C31H27IN2O3. The zero-order chi connectivity index (χ0) is 26.2. The lowest BCUT2D eigenvalue weighted by molar-refractivity contribution is -0.117. The highest BCUT2D eigenvalue weighted by molar-refractivity contribution is 14.1. The maximum atomic E-state index is 12.8. The fourth-order valence-corrected chi connectivity index (χ4v) is 4.75. The highest BCUT2D eigenvalue weighted by Gasteiger charge is 2.16. The van der Waals surface area contributed by atoms with Crippen LogP contribution in [0.2, 0.25) is 0 Å². The summed E-state index contributed by atoms with van der Waals surface area (Å²) in [6.07, 6.45) is 1.57. The third-order valence-electron chi connectivity index (χ3n) is 5.85.